The first-order valence-corrected chi connectivity index (χ1v) is 7.37. The number of aryl methyl sites for hydroxylation is 1. The molecule has 2 N–H and O–H groups in total. The molecule has 0 bridgehead atoms. The number of hydrogen-bond acceptors (Lipinski definition) is 6. The van der Waals surface area contributed by atoms with E-state index in [0.29, 0.717) is 45.2 Å². The van der Waals surface area contributed by atoms with E-state index in [1.54, 1.807) is 6.20 Å². The van der Waals surface area contributed by atoms with Crippen LogP contribution in [0.1, 0.15) is 18.9 Å². The van der Waals surface area contributed by atoms with Gasteiger partial charge in [0, 0.05) is 44.4 Å². The molecular formula is C14H23N5O2. The number of amides is 1. The predicted molar refractivity (Wildman–Crippen MR) is 81.4 cm³/mol. The first-order chi connectivity index (χ1) is 10.2. The van der Waals surface area contributed by atoms with Crippen LogP contribution in [0, 0.1) is 6.92 Å². The zero-order chi connectivity index (χ0) is 15.1. The number of morpholine rings is 1. The molecule has 1 aliphatic heterocycles. The van der Waals surface area contributed by atoms with Crippen LogP contribution in [0.15, 0.2) is 6.20 Å². The van der Waals surface area contributed by atoms with Crippen LogP contribution in [0.4, 0.5) is 11.8 Å². The number of hydrogen-bond donors (Lipinski definition) is 2. The molecule has 1 saturated heterocycles. The zero-order valence-electron chi connectivity index (χ0n) is 12.7. The van der Waals surface area contributed by atoms with Gasteiger partial charge < -0.3 is 20.3 Å². The Balaban J connectivity index is 1.82. The second kappa shape index (κ2) is 7.78. The quantitative estimate of drug-likeness (QED) is 0.810. The lowest BCUT2D eigenvalue weighted by atomic mass is 10.3. The summed E-state index contributed by atoms with van der Waals surface area (Å²) in [6.45, 7) is 7.94. The largest absolute Gasteiger partial charge is 0.378 e. The Bertz CT molecular complexity index is 474. The SMILES string of the molecule is CCNc1ncc(C)c(NCCC(=O)N2CCOCC2)n1. The van der Waals surface area contributed by atoms with Crippen molar-refractivity contribution in [2.75, 3.05) is 50.0 Å². The van der Waals surface area contributed by atoms with Gasteiger partial charge in [0.2, 0.25) is 11.9 Å². The summed E-state index contributed by atoms with van der Waals surface area (Å²) >= 11 is 0. The first kappa shape index (κ1) is 15.5. The molecule has 2 heterocycles. The second-order valence-corrected chi connectivity index (χ2v) is 4.93. The Labute approximate surface area is 125 Å². The monoisotopic (exact) mass is 293 g/mol. The highest BCUT2D eigenvalue weighted by Gasteiger charge is 2.16. The highest BCUT2D eigenvalue weighted by Crippen LogP contribution is 2.12. The smallest absolute Gasteiger partial charge is 0.224 e. The standard InChI is InChI=1S/C14H23N5O2/c1-3-15-14-17-10-11(2)13(18-14)16-5-4-12(20)19-6-8-21-9-7-19/h10H,3-9H2,1-2H3,(H2,15,16,17,18). The number of carbonyl (C=O) groups excluding carboxylic acids is 1. The highest BCUT2D eigenvalue weighted by molar-refractivity contribution is 5.76. The minimum Gasteiger partial charge on any atom is -0.378 e. The number of carbonyl (C=O) groups is 1. The molecule has 1 aliphatic rings. The molecule has 21 heavy (non-hydrogen) atoms. The van der Waals surface area contributed by atoms with Gasteiger partial charge in [-0.05, 0) is 13.8 Å². The maximum atomic E-state index is 12.0. The number of ether oxygens (including phenoxy) is 1. The normalized spacial score (nSPS) is 14.9. The number of anilines is 2. The molecule has 0 atom stereocenters. The van der Waals surface area contributed by atoms with Crippen molar-refractivity contribution in [1.29, 1.82) is 0 Å². The third-order valence-corrected chi connectivity index (χ3v) is 3.30. The molecule has 1 amide bonds. The minimum atomic E-state index is 0.157. The lowest BCUT2D eigenvalue weighted by molar-refractivity contribution is -0.134. The summed E-state index contributed by atoms with van der Waals surface area (Å²) in [7, 11) is 0. The summed E-state index contributed by atoms with van der Waals surface area (Å²) < 4.78 is 5.24. The van der Waals surface area contributed by atoms with Crippen LogP contribution in [-0.2, 0) is 9.53 Å². The van der Waals surface area contributed by atoms with Crippen molar-refractivity contribution in [3.05, 3.63) is 11.8 Å². The van der Waals surface area contributed by atoms with Crippen molar-refractivity contribution in [3.8, 4) is 0 Å². The Morgan fingerprint density at radius 2 is 2.14 bits per heavy atom. The summed E-state index contributed by atoms with van der Waals surface area (Å²) in [6, 6.07) is 0. The van der Waals surface area contributed by atoms with Crippen LogP contribution in [0.2, 0.25) is 0 Å². The number of aromatic nitrogens is 2. The predicted octanol–water partition coefficient (Wildman–Crippen LogP) is 0.878. The Kier molecular flexibility index (Phi) is 5.74. The van der Waals surface area contributed by atoms with Crippen molar-refractivity contribution in [3.63, 3.8) is 0 Å². The number of nitrogens with zero attached hydrogens (tertiary/aromatic N) is 3. The summed E-state index contributed by atoms with van der Waals surface area (Å²) in [5.41, 5.74) is 0.968. The van der Waals surface area contributed by atoms with Gasteiger partial charge in [-0.15, -0.1) is 0 Å². The lowest BCUT2D eigenvalue weighted by Crippen LogP contribution is -2.41. The fourth-order valence-corrected chi connectivity index (χ4v) is 2.12. The van der Waals surface area contributed by atoms with Crippen LogP contribution >= 0.6 is 0 Å². The van der Waals surface area contributed by atoms with Gasteiger partial charge in [0.05, 0.1) is 13.2 Å². The van der Waals surface area contributed by atoms with E-state index in [2.05, 4.69) is 20.6 Å². The number of nitrogens with one attached hydrogen (secondary N) is 2. The Morgan fingerprint density at radius 1 is 1.38 bits per heavy atom. The average molecular weight is 293 g/mol. The van der Waals surface area contributed by atoms with Crippen LogP contribution in [-0.4, -0.2) is 60.2 Å². The van der Waals surface area contributed by atoms with Crippen molar-refractivity contribution in [2.24, 2.45) is 0 Å². The van der Waals surface area contributed by atoms with E-state index in [0.717, 1.165) is 17.9 Å². The summed E-state index contributed by atoms with van der Waals surface area (Å²) in [6.07, 6.45) is 2.23. The molecule has 0 aliphatic carbocycles. The lowest BCUT2D eigenvalue weighted by Gasteiger charge is -2.26. The maximum absolute atomic E-state index is 12.0. The van der Waals surface area contributed by atoms with Crippen LogP contribution in [0.3, 0.4) is 0 Å². The fraction of sp³-hybridized carbons (Fsp3) is 0.643. The fourth-order valence-electron chi connectivity index (χ4n) is 2.12. The van der Waals surface area contributed by atoms with Gasteiger partial charge >= 0.3 is 0 Å². The van der Waals surface area contributed by atoms with Gasteiger partial charge in [0.25, 0.3) is 0 Å². The minimum absolute atomic E-state index is 0.157. The van der Waals surface area contributed by atoms with Crippen molar-refractivity contribution >= 4 is 17.7 Å². The van der Waals surface area contributed by atoms with E-state index in [1.807, 2.05) is 18.7 Å². The van der Waals surface area contributed by atoms with Gasteiger partial charge in [0.15, 0.2) is 0 Å². The molecule has 7 heteroatoms. The van der Waals surface area contributed by atoms with Crippen molar-refractivity contribution in [2.45, 2.75) is 20.3 Å². The van der Waals surface area contributed by atoms with E-state index in [4.69, 9.17) is 4.74 Å². The molecule has 0 aromatic carbocycles. The molecule has 1 fully saturated rings. The topological polar surface area (TPSA) is 79.4 Å². The number of rotatable bonds is 6. The maximum Gasteiger partial charge on any atom is 0.224 e. The van der Waals surface area contributed by atoms with E-state index >= 15 is 0 Å². The Hall–Kier alpha value is -1.89. The van der Waals surface area contributed by atoms with Crippen LogP contribution < -0.4 is 10.6 Å². The molecule has 0 saturated carbocycles. The molecule has 2 rings (SSSR count). The second-order valence-electron chi connectivity index (χ2n) is 4.93. The van der Waals surface area contributed by atoms with E-state index in [-0.39, 0.29) is 5.91 Å². The third-order valence-electron chi connectivity index (χ3n) is 3.30. The average Bonchev–Trinajstić information content (AvgIpc) is 2.51. The highest BCUT2D eigenvalue weighted by atomic mass is 16.5. The van der Waals surface area contributed by atoms with Crippen LogP contribution in [0.25, 0.3) is 0 Å². The molecule has 0 radical (unpaired) electrons. The first-order valence-electron chi connectivity index (χ1n) is 7.37. The van der Waals surface area contributed by atoms with Gasteiger partial charge in [-0.1, -0.05) is 0 Å². The van der Waals surface area contributed by atoms with Gasteiger partial charge in [-0.2, -0.15) is 4.98 Å². The third kappa shape index (κ3) is 4.56. The summed E-state index contributed by atoms with van der Waals surface area (Å²) in [4.78, 5) is 22.5. The molecular weight excluding hydrogens is 270 g/mol. The van der Waals surface area contributed by atoms with Gasteiger partial charge in [-0.25, -0.2) is 4.98 Å². The molecule has 7 nitrogen and oxygen atoms in total. The Morgan fingerprint density at radius 3 is 2.86 bits per heavy atom. The van der Waals surface area contributed by atoms with E-state index < -0.39 is 0 Å². The molecule has 1 aromatic rings. The van der Waals surface area contributed by atoms with Crippen molar-refractivity contribution < 1.29 is 9.53 Å². The van der Waals surface area contributed by atoms with E-state index in [9.17, 15) is 4.79 Å². The zero-order valence-corrected chi connectivity index (χ0v) is 12.7. The summed E-state index contributed by atoms with van der Waals surface area (Å²) in [5, 5.41) is 6.29. The van der Waals surface area contributed by atoms with Crippen LogP contribution in [0.5, 0.6) is 0 Å². The summed E-state index contributed by atoms with van der Waals surface area (Å²) in [5.74, 6) is 1.53. The molecule has 116 valence electrons. The van der Waals surface area contributed by atoms with E-state index in [1.165, 1.54) is 0 Å². The molecule has 0 spiro atoms. The van der Waals surface area contributed by atoms with Gasteiger partial charge in [-0.3, -0.25) is 4.79 Å². The van der Waals surface area contributed by atoms with Crippen molar-refractivity contribution in [1.82, 2.24) is 14.9 Å². The molecule has 0 unspecified atom stereocenters. The van der Waals surface area contributed by atoms with Gasteiger partial charge in [0.1, 0.15) is 5.82 Å². The molecule has 1 aromatic heterocycles.